The Hall–Kier alpha value is -2.07. The molecule has 0 unspecified atom stereocenters. The molecule has 0 saturated carbocycles. The number of hydrogen-bond donors (Lipinski definition) is 1. The van der Waals surface area contributed by atoms with Crippen molar-refractivity contribution in [2.45, 2.75) is 6.54 Å². The topological polar surface area (TPSA) is 101 Å². The molecule has 1 heterocycles. The van der Waals surface area contributed by atoms with Gasteiger partial charge in [0.2, 0.25) is 0 Å². The number of aromatic hydroxyl groups is 1. The highest BCUT2D eigenvalue weighted by Crippen LogP contribution is 2.38. The van der Waals surface area contributed by atoms with Gasteiger partial charge < -0.3 is 5.11 Å². The molecule has 0 aliphatic carbocycles. The maximum absolute atomic E-state index is 12.6. The number of phenolic OH excluding ortho intramolecular Hbond substituents is 1. The smallest absolute Gasteiger partial charge is 0.293 e. The first-order chi connectivity index (χ1) is 13.2. The summed E-state index contributed by atoms with van der Waals surface area (Å²) in [6, 6.07) is 7.02. The van der Waals surface area contributed by atoms with Crippen molar-refractivity contribution in [2.75, 3.05) is 0 Å². The van der Waals surface area contributed by atoms with Crippen LogP contribution in [0.1, 0.15) is 11.1 Å². The Labute approximate surface area is 181 Å². The zero-order chi connectivity index (χ0) is 20.6. The number of carbonyl (C=O) groups excluding carboxylic acids is 2. The monoisotopic (exact) mass is 502 g/mol. The quantitative estimate of drug-likeness (QED) is 0.330. The Morgan fingerprint density at radius 1 is 1.21 bits per heavy atom. The molecule has 1 aliphatic rings. The van der Waals surface area contributed by atoms with E-state index in [1.54, 1.807) is 18.2 Å². The van der Waals surface area contributed by atoms with Gasteiger partial charge in [-0.25, -0.2) is 0 Å². The Kier molecular flexibility index (Phi) is 5.99. The summed E-state index contributed by atoms with van der Waals surface area (Å²) in [7, 11) is 0. The minimum Gasteiger partial charge on any atom is -0.506 e. The zero-order valence-electron chi connectivity index (χ0n) is 13.7. The highest BCUT2D eigenvalue weighted by atomic mass is 79.9. The molecule has 11 heteroatoms. The molecule has 2 aromatic rings. The molecule has 1 aliphatic heterocycles. The van der Waals surface area contributed by atoms with Gasteiger partial charge in [0, 0.05) is 17.7 Å². The van der Waals surface area contributed by atoms with Gasteiger partial charge >= 0.3 is 0 Å². The van der Waals surface area contributed by atoms with Crippen LogP contribution in [0, 0.1) is 10.1 Å². The van der Waals surface area contributed by atoms with E-state index in [9.17, 15) is 24.8 Å². The molecule has 1 N–H and O–H groups in total. The van der Waals surface area contributed by atoms with Crippen LogP contribution in [0.25, 0.3) is 6.08 Å². The standard InChI is InChI=1S/C17H9BrCl2N2O5S/c18-11-6-10(22(26)27)4-9(15(11)23)5-14-16(24)21(17(25)28-14)7-8-1-2-12(19)13(20)3-8/h1-6,23H,7H2/b14-5-. The Bertz CT molecular complexity index is 1060. The summed E-state index contributed by atoms with van der Waals surface area (Å²) in [6.07, 6.45) is 1.24. The van der Waals surface area contributed by atoms with Crippen LogP contribution in [0.15, 0.2) is 39.7 Å². The molecule has 0 radical (unpaired) electrons. The molecule has 7 nitrogen and oxygen atoms in total. The number of non-ortho nitro benzene ring substituents is 1. The number of thioether (sulfide) groups is 1. The molecule has 1 saturated heterocycles. The van der Waals surface area contributed by atoms with Gasteiger partial charge in [-0.3, -0.25) is 24.6 Å². The molecule has 2 amide bonds. The number of nitro benzene ring substituents is 1. The second kappa shape index (κ2) is 8.12. The zero-order valence-corrected chi connectivity index (χ0v) is 17.6. The number of nitrogens with zero attached hydrogens (tertiary/aromatic N) is 2. The van der Waals surface area contributed by atoms with Gasteiger partial charge in [-0.15, -0.1) is 0 Å². The minimum atomic E-state index is -0.627. The van der Waals surface area contributed by atoms with Gasteiger partial charge in [-0.05, 0) is 51.5 Å². The third-order valence-corrected chi connectivity index (χ3v) is 6.02. The first-order valence-corrected chi connectivity index (χ1v) is 9.90. The van der Waals surface area contributed by atoms with Crippen molar-refractivity contribution in [3.63, 3.8) is 0 Å². The van der Waals surface area contributed by atoms with Gasteiger partial charge in [0.05, 0.1) is 30.9 Å². The Balaban J connectivity index is 1.91. The molecule has 28 heavy (non-hydrogen) atoms. The van der Waals surface area contributed by atoms with E-state index < -0.39 is 16.1 Å². The minimum absolute atomic E-state index is 0.0104. The summed E-state index contributed by atoms with van der Waals surface area (Å²) in [5.41, 5.74) is 0.381. The summed E-state index contributed by atoms with van der Waals surface area (Å²) in [5, 5.41) is 21.3. The lowest BCUT2D eigenvalue weighted by molar-refractivity contribution is -0.385. The van der Waals surface area contributed by atoms with Crippen LogP contribution in [-0.2, 0) is 11.3 Å². The van der Waals surface area contributed by atoms with Crippen LogP contribution in [0.3, 0.4) is 0 Å². The van der Waals surface area contributed by atoms with Crippen molar-refractivity contribution in [3.05, 3.63) is 71.0 Å². The number of phenols is 1. The second-order valence-electron chi connectivity index (χ2n) is 5.64. The lowest BCUT2D eigenvalue weighted by Crippen LogP contribution is -2.27. The van der Waals surface area contributed by atoms with E-state index in [1.807, 2.05) is 0 Å². The molecule has 0 aromatic heterocycles. The molecular formula is C17H9BrCl2N2O5S. The largest absolute Gasteiger partial charge is 0.506 e. The van der Waals surface area contributed by atoms with Crippen molar-refractivity contribution < 1.29 is 19.6 Å². The lowest BCUT2D eigenvalue weighted by atomic mass is 10.1. The number of rotatable bonds is 4. The van der Waals surface area contributed by atoms with E-state index in [-0.39, 0.29) is 32.9 Å². The molecule has 0 bridgehead atoms. The van der Waals surface area contributed by atoms with Crippen molar-refractivity contribution >= 4 is 73.8 Å². The van der Waals surface area contributed by atoms with Gasteiger partial charge in [-0.2, -0.15) is 0 Å². The normalized spacial score (nSPS) is 15.5. The van der Waals surface area contributed by atoms with Crippen molar-refractivity contribution in [2.24, 2.45) is 0 Å². The van der Waals surface area contributed by atoms with E-state index in [0.717, 1.165) is 17.0 Å². The highest BCUT2D eigenvalue weighted by Gasteiger charge is 2.35. The summed E-state index contributed by atoms with van der Waals surface area (Å²) < 4.78 is 0.1000. The fourth-order valence-corrected chi connectivity index (χ4v) is 4.03. The van der Waals surface area contributed by atoms with Crippen LogP contribution in [0.4, 0.5) is 10.5 Å². The third kappa shape index (κ3) is 4.17. The number of carbonyl (C=O) groups is 2. The maximum Gasteiger partial charge on any atom is 0.293 e. The van der Waals surface area contributed by atoms with Gasteiger partial charge in [0.25, 0.3) is 16.8 Å². The number of benzene rings is 2. The molecule has 1 fully saturated rings. The van der Waals surface area contributed by atoms with Gasteiger partial charge in [-0.1, -0.05) is 29.3 Å². The van der Waals surface area contributed by atoms with Gasteiger partial charge in [0.1, 0.15) is 5.75 Å². The molecule has 3 rings (SSSR count). The predicted octanol–water partition coefficient (Wildman–Crippen LogP) is 5.61. The third-order valence-electron chi connectivity index (χ3n) is 3.77. The molecule has 2 aromatic carbocycles. The van der Waals surface area contributed by atoms with Crippen LogP contribution in [-0.4, -0.2) is 26.1 Å². The summed E-state index contributed by atoms with van der Waals surface area (Å²) >= 11 is 15.5. The van der Waals surface area contributed by atoms with E-state index in [2.05, 4.69) is 15.9 Å². The summed E-state index contributed by atoms with van der Waals surface area (Å²) in [5.74, 6) is -0.856. The molecular weight excluding hydrogens is 495 g/mol. The van der Waals surface area contributed by atoms with E-state index in [1.165, 1.54) is 6.08 Å². The number of imide groups is 1. The lowest BCUT2D eigenvalue weighted by Gasteiger charge is -2.13. The molecule has 144 valence electrons. The van der Waals surface area contributed by atoms with Crippen molar-refractivity contribution in [1.29, 1.82) is 0 Å². The van der Waals surface area contributed by atoms with E-state index >= 15 is 0 Å². The van der Waals surface area contributed by atoms with Gasteiger partial charge in [0.15, 0.2) is 0 Å². The molecule has 0 atom stereocenters. The fraction of sp³-hybridized carbons (Fsp3) is 0.0588. The predicted molar refractivity (Wildman–Crippen MR) is 110 cm³/mol. The van der Waals surface area contributed by atoms with Crippen LogP contribution < -0.4 is 0 Å². The SMILES string of the molecule is O=C1S/C(=C\c2cc([N+](=O)[O-])cc(Br)c2O)C(=O)N1Cc1ccc(Cl)c(Cl)c1. The summed E-state index contributed by atoms with van der Waals surface area (Å²) in [4.78, 5) is 36.3. The Morgan fingerprint density at radius 2 is 1.93 bits per heavy atom. The second-order valence-corrected chi connectivity index (χ2v) is 8.30. The van der Waals surface area contributed by atoms with Crippen molar-refractivity contribution in [1.82, 2.24) is 4.90 Å². The first-order valence-electron chi connectivity index (χ1n) is 7.53. The highest BCUT2D eigenvalue weighted by molar-refractivity contribution is 9.10. The van der Waals surface area contributed by atoms with Crippen molar-refractivity contribution in [3.8, 4) is 5.75 Å². The average molecular weight is 504 g/mol. The number of halogens is 3. The average Bonchev–Trinajstić information content (AvgIpc) is 2.89. The number of nitro groups is 1. The Morgan fingerprint density at radius 3 is 2.57 bits per heavy atom. The number of amides is 2. The number of hydrogen-bond acceptors (Lipinski definition) is 6. The van der Waals surface area contributed by atoms with E-state index in [4.69, 9.17) is 23.2 Å². The maximum atomic E-state index is 12.6. The van der Waals surface area contributed by atoms with Crippen LogP contribution >= 0.6 is 50.9 Å². The molecule has 0 spiro atoms. The van der Waals surface area contributed by atoms with Crippen LogP contribution in [0.5, 0.6) is 5.75 Å². The fourth-order valence-electron chi connectivity index (χ4n) is 2.42. The first kappa shape index (κ1) is 20.7. The van der Waals surface area contributed by atoms with E-state index in [0.29, 0.717) is 27.4 Å². The summed E-state index contributed by atoms with van der Waals surface area (Å²) in [6.45, 7) is -0.0104. The van der Waals surface area contributed by atoms with Crippen LogP contribution in [0.2, 0.25) is 10.0 Å².